The Hall–Kier alpha value is -1.06. The number of amides is 1. The molecule has 2 rings (SSSR count). The Morgan fingerprint density at radius 2 is 2.11 bits per heavy atom. The molecule has 0 aliphatic heterocycles. The SMILES string of the molecule is CNC(C)CNC(=O)C1CC1c1ccccc1C.Cl. The van der Waals surface area contributed by atoms with Gasteiger partial charge in [0.05, 0.1) is 0 Å². The fourth-order valence-electron chi connectivity index (χ4n) is 2.32. The van der Waals surface area contributed by atoms with Crippen LogP contribution < -0.4 is 10.6 Å². The van der Waals surface area contributed by atoms with Crippen molar-refractivity contribution in [3.05, 3.63) is 35.4 Å². The first-order valence-electron chi connectivity index (χ1n) is 6.64. The fourth-order valence-corrected chi connectivity index (χ4v) is 2.32. The van der Waals surface area contributed by atoms with Crippen LogP contribution in [0.2, 0.25) is 0 Å². The molecule has 3 unspecified atom stereocenters. The summed E-state index contributed by atoms with van der Waals surface area (Å²) in [5, 5.41) is 6.13. The van der Waals surface area contributed by atoms with Gasteiger partial charge in [0, 0.05) is 18.5 Å². The van der Waals surface area contributed by atoms with E-state index in [2.05, 4.69) is 42.7 Å². The second-order valence-electron chi connectivity index (χ2n) is 5.24. The molecule has 0 aromatic heterocycles. The number of rotatable bonds is 5. The Balaban J connectivity index is 0.00000180. The van der Waals surface area contributed by atoms with Crippen LogP contribution in [0.3, 0.4) is 0 Å². The van der Waals surface area contributed by atoms with Crippen molar-refractivity contribution in [1.82, 2.24) is 10.6 Å². The van der Waals surface area contributed by atoms with Gasteiger partial charge in [-0.1, -0.05) is 24.3 Å². The molecule has 2 N–H and O–H groups in total. The van der Waals surface area contributed by atoms with Crippen molar-refractivity contribution in [2.24, 2.45) is 5.92 Å². The van der Waals surface area contributed by atoms with Crippen LogP contribution >= 0.6 is 12.4 Å². The minimum atomic E-state index is 0. The predicted molar refractivity (Wildman–Crippen MR) is 80.8 cm³/mol. The number of halogens is 1. The highest BCUT2D eigenvalue weighted by Crippen LogP contribution is 2.48. The van der Waals surface area contributed by atoms with Crippen LogP contribution in [-0.4, -0.2) is 25.5 Å². The number of benzene rings is 1. The maximum atomic E-state index is 12.0. The largest absolute Gasteiger partial charge is 0.354 e. The van der Waals surface area contributed by atoms with Crippen molar-refractivity contribution in [1.29, 1.82) is 0 Å². The molecule has 0 heterocycles. The van der Waals surface area contributed by atoms with Gasteiger partial charge in [-0.15, -0.1) is 12.4 Å². The number of likely N-dealkylation sites (N-methyl/N-ethyl adjacent to an activating group) is 1. The minimum absolute atomic E-state index is 0. The van der Waals surface area contributed by atoms with Crippen molar-refractivity contribution in [3.63, 3.8) is 0 Å². The first-order chi connectivity index (χ1) is 8.63. The summed E-state index contributed by atoms with van der Waals surface area (Å²) in [6, 6.07) is 8.68. The Kier molecular flexibility index (Phi) is 5.83. The number of hydrogen-bond donors (Lipinski definition) is 2. The molecule has 0 spiro atoms. The predicted octanol–water partition coefficient (Wildman–Crippen LogP) is 2.24. The summed E-state index contributed by atoms with van der Waals surface area (Å²) in [7, 11) is 1.91. The minimum Gasteiger partial charge on any atom is -0.354 e. The zero-order valence-electron chi connectivity index (χ0n) is 11.8. The van der Waals surface area contributed by atoms with E-state index in [-0.39, 0.29) is 24.2 Å². The van der Waals surface area contributed by atoms with Gasteiger partial charge in [0.1, 0.15) is 0 Å². The molecule has 106 valence electrons. The van der Waals surface area contributed by atoms with Crippen LogP contribution in [0.15, 0.2) is 24.3 Å². The van der Waals surface area contributed by atoms with Crippen LogP contribution in [0.25, 0.3) is 0 Å². The number of carbonyl (C=O) groups excluding carboxylic acids is 1. The van der Waals surface area contributed by atoms with E-state index in [1.807, 2.05) is 13.1 Å². The second kappa shape index (κ2) is 6.92. The first-order valence-corrected chi connectivity index (χ1v) is 6.64. The molecule has 4 heteroatoms. The molecule has 1 aromatic carbocycles. The summed E-state index contributed by atoms with van der Waals surface area (Å²) >= 11 is 0. The normalized spacial score (nSPS) is 22.3. The summed E-state index contributed by atoms with van der Waals surface area (Å²) in [5.74, 6) is 0.802. The van der Waals surface area contributed by atoms with Crippen molar-refractivity contribution >= 4 is 18.3 Å². The topological polar surface area (TPSA) is 41.1 Å². The Labute approximate surface area is 121 Å². The van der Waals surface area contributed by atoms with Crippen molar-refractivity contribution in [2.75, 3.05) is 13.6 Å². The number of carbonyl (C=O) groups is 1. The fraction of sp³-hybridized carbons (Fsp3) is 0.533. The first kappa shape index (κ1) is 16.0. The summed E-state index contributed by atoms with van der Waals surface area (Å²) in [4.78, 5) is 12.0. The van der Waals surface area contributed by atoms with E-state index in [4.69, 9.17) is 0 Å². The van der Waals surface area contributed by atoms with Crippen LogP contribution in [0.1, 0.15) is 30.4 Å². The quantitative estimate of drug-likeness (QED) is 0.870. The highest BCUT2D eigenvalue weighted by atomic mass is 35.5. The highest BCUT2D eigenvalue weighted by Gasteiger charge is 2.44. The maximum absolute atomic E-state index is 12.0. The third-order valence-electron chi connectivity index (χ3n) is 3.79. The molecule has 0 radical (unpaired) electrons. The van der Waals surface area contributed by atoms with Gasteiger partial charge in [-0.05, 0) is 44.4 Å². The summed E-state index contributed by atoms with van der Waals surface area (Å²) in [6.07, 6.45) is 0.991. The van der Waals surface area contributed by atoms with Crippen LogP contribution in [0, 0.1) is 12.8 Å². The molecular formula is C15H23ClN2O. The lowest BCUT2D eigenvalue weighted by molar-refractivity contribution is -0.122. The summed E-state index contributed by atoms with van der Waals surface area (Å²) in [5.41, 5.74) is 2.63. The standard InChI is InChI=1S/C15H22N2O.ClH/c1-10-6-4-5-7-12(10)13-8-14(13)15(18)17-9-11(2)16-3;/h4-7,11,13-14,16H,8-9H2,1-3H3,(H,17,18);1H. The van der Waals surface area contributed by atoms with Gasteiger partial charge in [-0.25, -0.2) is 0 Å². The molecular weight excluding hydrogens is 260 g/mol. The number of hydrogen-bond acceptors (Lipinski definition) is 2. The lowest BCUT2D eigenvalue weighted by Gasteiger charge is -2.11. The zero-order chi connectivity index (χ0) is 13.1. The summed E-state index contributed by atoms with van der Waals surface area (Å²) < 4.78 is 0. The Morgan fingerprint density at radius 3 is 2.74 bits per heavy atom. The molecule has 0 bridgehead atoms. The smallest absolute Gasteiger partial charge is 0.223 e. The van der Waals surface area contributed by atoms with E-state index in [9.17, 15) is 4.79 Å². The average molecular weight is 283 g/mol. The van der Waals surface area contributed by atoms with Gasteiger partial charge in [0.2, 0.25) is 5.91 Å². The molecule has 3 nitrogen and oxygen atoms in total. The lowest BCUT2D eigenvalue weighted by atomic mass is 10.0. The van der Waals surface area contributed by atoms with Crippen LogP contribution in [-0.2, 0) is 4.79 Å². The van der Waals surface area contributed by atoms with Crippen LogP contribution in [0.4, 0.5) is 0 Å². The van der Waals surface area contributed by atoms with Gasteiger partial charge >= 0.3 is 0 Å². The highest BCUT2D eigenvalue weighted by molar-refractivity contribution is 5.85. The van der Waals surface area contributed by atoms with Crippen LogP contribution in [0.5, 0.6) is 0 Å². The van der Waals surface area contributed by atoms with Gasteiger partial charge in [-0.2, -0.15) is 0 Å². The van der Waals surface area contributed by atoms with E-state index in [1.165, 1.54) is 11.1 Å². The van der Waals surface area contributed by atoms with E-state index in [0.29, 0.717) is 18.5 Å². The molecule has 19 heavy (non-hydrogen) atoms. The molecule has 1 amide bonds. The molecule has 1 fully saturated rings. The average Bonchev–Trinajstić information content (AvgIpc) is 3.16. The second-order valence-corrected chi connectivity index (χ2v) is 5.24. The number of aryl methyl sites for hydroxylation is 1. The molecule has 3 atom stereocenters. The molecule has 1 aliphatic carbocycles. The van der Waals surface area contributed by atoms with Gasteiger partial charge in [-0.3, -0.25) is 4.79 Å². The van der Waals surface area contributed by atoms with Crippen molar-refractivity contribution in [2.45, 2.75) is 32.2 Å². The third-order valence-corrected chi connectivity index (χ3v) is 3.79. The van der Waals surface area contributed by atoms with Crippen molar-refractivity contribution < 1.29 is 4.79 Å². The molecule has 1 aliphatic rings. The van der Waals surface area contributed by atoms with E-state index < -0.39 is 0 Å². The Bertz CT molecular complexity index is 436. The number of nitrogens with one attached hydrogen (secondary N) is 2. The monoisotopic (exact) mass is 282 g/mol. The van der Waals surface area contributed by atoms with E-state index in [0.717, 1.165) is 6.42 Å². The lowest BCUT2D eigenvalue weighted by Crippen LogP contribution is -2.38. The maximum Gasteiger partial charge on any atom is 0.223 e. The Morgan fingerprint density at radius 1 is 1.42 bits per heavy atom. The molecule has 1 aromatic rings. The zero-order valence-corrected chi connectivity index (χ0v) is 12.6. The van der Waals surface area contributed by atoms with Gasteiger partial charge < -0.3 is 10.6 Å². The molecule has 1 saturated carbocycles. The molecule has 0 saturated heterocycles. The van der Waals surface area contributed by atoms with E-state index >= 15 is 0 Å². The van der Waals surface area contributed by atoms with E-state index in [1.54, 1.807) is 0 Å². The summed E-state index contributed by atoms with van der Waals surface area (Å²) in [6.45, 7) is 4.88. The van der Waals surface area contributed by atoms with Gasteiger partial charge in [0.15, 0.2) is 0 Å². The van der Waals surface area contributed by atoms with Crippen molar-refractivity contribution in [3.8, 4) is 0 Å². The third kappa shape index (κ3) is 3.95. The van der Waals surface area contributed by atoms with Gasteiger partial charge in [0.25, 0.3) is 0 Å².